The van der Waals surface area contributed by atoms with Crippen LogP contribution >= 0.6 is 12.4 Å². The fourth-order valence-corrected chi connectivity index (χ4v) is 3.08. The lowest BCUT2D eigenvalue weighted by Crippen LogP contribution is -2.48. The molecule has 1 heterocycles. The van der Waals surface area contributed by atoms with E-state index in [0.717, 1.165) is 24.9 Å². The smallest absolute Gasteiger partial charge is 0.266 e. The van der Waals surface area contributed by atoms with Crippen molar-refractivity contribution in [3.63, 3.8) is 0 Å². The van der Waals surface area contributed by atoms with Gasteiger partial charge in [0, 0.05) is 17.6 Å². The van der Waals surface area contributed by atoms with Gasteiger partial charge in [-0.3, -0.25) is 4.79 Å². The molecule has 0 bridgehead atoms. The van der Waals surface area contributed by atoms with E-state index in [1.165, 1.54) is 0 Å². The summed E-state index contributed by atoms with van der Waals surface area (Å²) in [5.41, 5.74) is 0.862. The molecule has 3 unspecified atom stereocenters. The van der Waals surface area contributed by atoms with Crippen LogP contribution in [0.4, 0.5) is 0 Å². The van der Waals surface area contributed by atoms with Crippen molar-refractivity contribution in [2.45, 2.75) is 38.0 Å². The average molecular weight is 361 g/mol. The molecule has 0 radical (unpaired) electrons. The minimum Gasteiger partial charge on any atom is -0.476 e. The first-order chi connectivity index (χ1) is 11.7. The van der Waals surface area contributed by atoms with Gasteiger partial charge in [0.2, 0.25) is 6.10 Å². The van der Waals surface area contributed by atoms with E-state index in [4.69, 9.17) is 4.74 Å². The van der Waals surface area contributed by atoms with Crippen LogP contribution < -0.4 is 15.4 Å². The van der Waals surface area contributed by atoms with Crippen molar-refractivity contribution in [1.82, 2.24) is 10.6 Å². The SMILES string of the molecule is CC1CC(NC(=O)C(Oc2ccccc2)c2ccccc2)CCN1.Cl. The van der Waals surface area contributed by atoms with E-state index in [0.29, 0.717) is 11.8 Å². The molecule has 0 aliphatic carbocycles. The number of hydrogen-bond donors (Lipinski definition) is 2. The molecule has 0 spiro atoms. The van der Waals surface area contributed by atoms with Gasteiger partial charge < -0.3 is 15.4 Å². The van der Waals surface area contributed by atoms with E-state index in [1.54, 1.807) is 0 Å². The summed E-state index contributed by atoms with van der Waals surface area (Å²) in [4.78, 5) is 12.9. The first kappa shape index (κ1) is 19.3. The maximum absolute atomic E-state index is 12.9. The zero-order valence-electron chi connectivity index (χ0n) is 14.4. The first-order valence-corrected chi connectivity index (χ1v) is 8.53. The van der Waals surface area contributed by atoms with Crippen LogP contribution in [0.1, 0.15) is 31.4 Å². The molecule has 134 valence electrons. The number of benzene rings is 2. The fourth-order valence-electron chi connectivity index (χ4n) is 3.08. The molecule has 3 atom stereocenters. The molecule has 1 saturated heterocycles. The minimum atomic E-state index is -0.640. The van der Waals surface area contributed by atoms with Crippen molar-refractivity contribution in [3.8, 4) is 5.75 Å². The van der Waals surface area contributed by atoms with E-state index in [9.17, 15) is 4.79 Å². The van der Waals surface area contributed by atoms with Crippen molar-refractivity contribution < 1.29 is 9.53 Å². The van der Waals surface area contributed by atoms with Gasteiger partial charge in [-0.25, -0.2) is 0 Å². The summed E-state index contributed by atoms with van der Waals surface area (Å²) >= 11 is 0. The molecular formula is C20H25ClN2O2. The highest BCUT2D eigenvalue weighted by atomic mass is 35.5. The number of halogens is 1. The third-order valence-electron chi connectivity index (χ3n) is 4.31. The van der Waals surface area contributed by atoms with Gasteiger partial charge in [0.05, 0.1) is 0 Å². The topological polar surface area (TPSA) is 50.4 Å². The summed E-state index contributed by atoms with van der Waals surface area (Å²) in [6.07, 6.45) is 1.25. The predicted octanol–water partition coefficient (Wildman–Crippen LogP) is 3.49. The summed E-state index contributed by atoms with van der Waals surface area (Å²) in [6.45, 7) is 3.08. The molecule has 2 aromatic rings. The fraction of sp³-hybridized carbons (Fsp3) is 0.350. The lowest BCUT2D eigenvalue weighted by molar-refractivity contribution is -0.129. The lowest BCUT2D eigenvalue weighted by atomic mass is 10.00. The van der Waals surface area contributed by atoms with Crippen molar-refractivity contribution in [3.05, 3.63) is 66.2 Å². The standard InChI is InChI=1S/C20H24N2O2.ClH/c1-15-14-17(12-13-21-15)22-20(23)19(16-8-4-2-5-9-16)24-18-10-6-3-7-11-18;/h2-11,15,17,19,21H,12-14H2,1H3,(H,22,23);1H. The summed E-state index contributed by atoms with van der Waals surface area (Å²) in [5.74, 6) is 0.615. The van der Waals surface area contributed by atoms with E-state index < -0.39 is 6.10 Å². The van der Waals surface area contributed by atoms with Gasteiger partial charge in [0.1, 0.15) is 5.75 Å². The van der Waals surface area contributed by atoms with Crippen molar-refractivity contribution in [2.75, 3.05) is 6.54 Å². The number of rotatable bonds is 5. The Balaban J connectivity index is 0.00000225. The largest absolute Gasteiger partial charge is 0.476 e. The predicted molar refractivity (Wildman–Crippen MR) is 102 cm³/mol. The molecule has 4 nitrogen and oxygen atoms in total. The Kier molecular flexibility index (Phi) is 7.29. The van der Waals surface area contributed by atoms with Crippen LogP contribution in [0.25, 0.3) is 0 Å². The Bertz CT molecular complexity index is 651. The van der Waals surface area contributed by atoms with Crippen molar-refractivity contribution in [1.29, 1.82) is 0 Å². The van der Waals surface area contributed by atoms with Gasteiger partial charge in [-0.15, -0.1) is 12.4 Å². The monoisotopic (exact) mass is 360 g/mol. The maximum atomic E-state index is 12.9. The van der Waals surface area contributed by atoms with Crippen LogP contribution in [0, 0.1) is 0 Å². The molecule has 2 N–H and O–H groups in total. The van der Waals surface area contributed by atoms with Crippen LogP contribution in [0.15, 0.2) is 60.7 Å². The average Bonchev–Trinajstić information content (AvgIpc) is 2.61. The molecule has 1 amide bonds. The third kappa shape index (κ3) is 5.48. The minimum absolute atomic E-state index is 0. The normalized spacial score (nSPS) is 20.8. The Morgan fingerprint density at radius 3 is 2.40 bits per heavy atom. The van der Waals surface area contributed by atoms with Gasteiger partial charge in [-0.05, 0) is 38.4 Å². The highest BCUT2D eigenvalue weighted by Gasteiger charge is 2.27. The number of carbonyl (C=O) groups excluding carboxylic acids is 1. The van der Waals surface area contributed by atoms with Gasteiger partial charge in [0.25, 0.3) is 5.91 Å². The molecular weight excluding hydrogens is 336 g/mol. The number of hydrogen-bond acceptors (Lipinski definition) is 3. The number of para-hydroxylation sites is 1. The Labute approximate surface area is 155 Å². The molecule has 1 fully saturated rings. The van der Waals surface area contributed by atoms with Gasteiger partial charge >= 0.3 is 0 Å². The summed E-state index contributed by atoms with van der Waals surface area (Å²) < 4.78 is 6.00. The lowest BCUT2D eigenvalue weighted by Gasteiger charge is -2.30. The number of ether oxygens (including phenoxy) is 1. The number of carbonyl (C=O) groups is 1. The molecule has 0 saturated carbocycles. The third-order valence-corrected chi connectivity index (χ3v) is 4.31. The molecule has 3 rings (SSSR count). The quantitative estimate of drug-likeness (QED) is 0.858. The second kappa shape index (κ2) is 9.44. The van der Waals surface area contributed by atoms with Crippen LogP contribution in [-0.2, 0) is 4.79 Å². The van der Waals surface area contributed by atoms with Crippen molar-refractivity contribution >= 4 is 18.3 Å². The second-order valence-electron chi connectivity index (χ2n) is 6.31. The second-order valence-corrected chi connectivity index (χ2v) is 6.31. The number of piperidine rings is 1. The zero-order chi connectivity index (χ0) is 16.8. The molecule has 25 heavy (non-hydrogen) atoms. The van der Waals surface area contributed by atoms with Crippen LogP contribution in [0.5, 0.6) is 5.75 Å². The van der Waals surface area contributed by atoms with E-state index >= 15 is 0 Å². The van der Waals surface area contributed by atoms with Crippen molar-refractivity contribution in [2.24, 2.45) is 0 Å². The zero-order valence-corrected chi connectivity index (χ0v) is 15.2. The van der Waals surface area contributed by atoms with Crippen LogP contribution in [-0.4, -0.2) is 24.5 Å². The Hall–Kier alpha value is -2.04. The Morgan fingerprint density at radius 2 is 1.76 bits per heavy atom. The number of nitrogens with one attached hydrogen (secondary N) is 2. The van der Waals surface area contributed by atoms with Crippen LogP contribution in [0.3, 0.4) is 0 Å². The summed E-state index contributed by atoms with van der Waals surface area (Å²) in [6, 6.07) is 19.8. The molecule has 1 aliphatic rings. The molecule has 5 heteroatoms. The van der Waals surface area contributed by atoms with Gasteiger partial charge in [-0.2, -0.15) is 0 Å². The van der Waals surface area contributed by atoms with Gasteiger partial charge in [0.15, 0.2) is 0 Å². The highest BCUT2D eigenvalue weighted by molar-refractivity contribution is 5.85. The van der Waals surface area contributed by atoms with Crippen LogP contribution in [0.2, 0.25) is 0 Å². The Morgan fingerprint density at radius 1 is 1.12 bits per heavy atom. The molecule has 2 aromatic carbocycles. The summed E-state index contributed by atoms with van der Waals surface area (Å²) in [5, 5.41) is 6.57. The van der Waals surface area contributed by atoms with Gasteiger partial charge in [-0.1, -0.05) is 48.5 Å². The summed E-state index contributed by atoms with van der Waals surface area (Å²) in [7, 11) is 0. The molecule has 1 aliphatic heterocycles. The first-order valence-electron chi connectivity index (χ1n) is 8.53. The maximum Gasteiger partial charge on any atom is 0.266 e. The van der Waals surface area contributed by atoms with E-state index in [-0.39, 0.29) is 24.4 Å². The highest BCUT2D eigenvalue weighted by Crippen LogP contribution is 2.22. The number of amides is 1. The van der Waals surface area contributed by atoms with E-state index in [2.05, 4.69) is 17.6 Å². The van der Waals surface area contributed by atoms with E-state index in [1.807, 2.05) is 60.7 Å². The molecule has 0 aromatic heterocycles.